The summed E-state index contributed by atoms with van der Waals surface area (Å²) in [5.41, 5.74) is 1.39. The number of nitrogens with zero attached hydrogens (tertiary/aromatic N) is 3. The maximum Gasteiger partial charge on any atom is 0.254 e. The number of amides is 1. The number of aromatic nitrogens is 2. The summed E-state index contributed by atoms with van der Waals surface area (Å²) in [7, 11) is 0. The van der Waals surface area contributed by atoms with E-state index in [1.807, 2.05) is 53.4 Å². The molecule has 0 N–H and O–H groups in total. The van der Waals surface area contributed by atoms with Crippen LogP contribution in [0.2, 0.25) is 5.02 Å². The van der Waals surface area contributed by atoms with Gasteiger partial charge < -0.3 is 9.42 Å². The van der Waals surface area contributed by atoms with Crippen LogP contribution in [0.25, 0.3) is 11.4 Å². The fourth-order valence-electron chi connectivity index (χ4n) is 3.30. The van der Waals surface area contributed by atoms with Crippen LogP contribution >= 0.6 is 11.6 Å². The molecule has 0 saturated carbocycles. The molecule has 1 aromatic heterocycles. The topological polar surface area (TPSA) is 59.2 Å². The standard InChI is InChI=1S/C20H18ClN3O2/c21-16-11-5-4-10-15(16)18-22-19(26-23-18)17-12-6-7-13-24(17)20(25)14-8-2-1-3-9-14/h1-5,8-11,17H,6-7,12-13H2/t17-/m1/s1. The zero-order valence-corrected chi connectivity index (χ0v) is 14.9. The summed E-state index contributed by atoms with van der Waals surface area (Å²) >= 11 is 6.23. The van der Waals surface area contributed by atoms with E-state index in [1.165, 1.54) is 0 Å². The van der Waals surface area contributed by atoms with Gasteiger partial charge in [-0.05, 0) is 43.5 Å². The Morgan fingerprint density at radius 2 is 1.85 bits per heavy atom. The second-order valence-electron chi connectivity index (χ2n) is 6.31. The van der Waals surface area contributed by atoms with Crippen LogP contribution in [0.5, 0.6) is 0 Å². The van der Waals surface area contributed by atoms with Crippen molar-refractivity contribution in [2.24, 2.45) is 0 Å². The Morgan fingerprint density at radius 1 is 1.08 bits per heavy atom. The van der Waals surface area contributed by atoms with E-state index in [1.54, 1.807) is 6.07 Å². The molecule has 1 aliphatic heterocycles. The van der Waals surface area contributed by atoms with Crippen LogP contribution in [-0.2, 0) is 0 Å². The Morgan fingerprint density at radius 3 is 2.65 bits per heavy atom. The number of carbonyl (C=O) groups is 1. The van der Waals surface area contributed by atoms with Crippen molar-refractivity contribution in [2.75, 3.05) is 6.54 Å². The molecule has 132 valence electrons. The summed E-state index contributed by atoms with van der Waals surface area (Å²) in [6.07, 6.45) is 2.80. The van der Waals surface area contributed by atoms with Gasteiger partial charge >= 0.3 is 0 Å². The lowest BCUT2D eigenvalue weighted by atomic mass is 10.0. The molecule has 4 rings (SSSR count). The third kappa shape index (κ3) is 3.22. The zero-order chi connectivity index (χ0) is 17.9. The number of carbonyl (C=O) groups excluding carboxylic acids is 1. The van der Waals surface area contributed by atoms with Gasteiger partial charge in [-0.1, -0.05) is 47.1 Å². The number of piperidine rings is 1. The third-order valence-corrected chi connectivity index (χ3v) is 4.96. The Bertz CT molecular complexity index is 910. The molecule has 6 heteroatoms. The molecule has 3 aromatic rings. The highest BCUT2D eigenvalue weighted by Crippen LogP contribution is 2.33. The molecule has 2 aromatic carbocycles. The normalized spacial score (nSPS) is 17.3. The molecular formula is C20H18ClN3O2. The highest BCUT2D eigenvalue weighted by atomic mass is 35.5. The molecule has 0 bridgehead atoms. The predicted octanol–water partition coefficient (Wildman–Crippen LogP) is 4.76. The maximum atomic E-state index is 12.9. The van der Waals surface area contributed by atoms with Crippen LogP contribution in [0.15, 0.2) is 59.1 Å². The Balaban J connectivity index is 1.63. The molecule has 2 heterocycles. The van der Waals surface area contributed by atoms with Gasteiger partial charge in [-0.25, -0.2) is 0 Å². The van der Waals surface area contributed by atoms with Crippen molar-refractivity contribution < 1.29 is 9.32 Å². The van der Waals surface area contributed by atoms with Gasteiger partial charge in [0.1, 0.15) is 6.04 Å². The highest BCUT2D eigenvalue weighted by Gasteiger charge is 2.32. The van der Waals surface area contributed by atoms with Gasteiger partial charge in [0.15, 0.2) is 0 Å². The molecule has 1 amide bonds. The quantitative estimate of drug-likeness (QED) is 0.669. The second-order valence-corrected chi connectivity index (χ2v) is 6.72. The fourth-order valence-corrected chi connectivity index (χ4v) is 3.52. The molecule has 1 atom stereocenters. The first-order valence-electron chi connectivity index (χ1n) is 8.68. The van der Waals surface area contributed by atoms with Gasteiger partial charge in [0.2, 0.25) is 11.7 Å². The lowest BCUT2D eigenvalue weighted by molar-refractivity contribution is 0.0561. The van der Waals surface area contributed by atoms with Gasteiger partial charge in [0.25, 0.3) is 5.91 Å². The largest absolute Gasteiger partial charge is 0.337 e. The van der Waals surface area contributed by atoms with Crippen LogP contribution in [0.4, 0.5) is 0 Å². The Kier molecular flexibility index (Phi) is 4.71. The summed E-state index contributed by atoms with van der Waals surface area (Å²) in [5.74, 6) is 0.903. The van der Waals surface area contributed by atoms with E-state index >= 15 is 0 Å². The SMILES string of the molecule is O=C(c1ccccc1)N1CCCC[C@@H]1c1nc(-c2ccccc2Cl)no1. The van der Waals surface area contributed by atoms with Crippen LogP contribution in [0.3, 0.4) is 0 Å². The van der Waals surface area contributed by atoms with Gasteiger partial charge in [-0.3, -0.25) is 4.79 Å². The molecule has 0 unspecified atom stereocenters. The average Bonchev–Trinajstić information content (AvgIpc) is 3.18. The summed E-state index contributed by atoms with van der Waals surface area (Å²) in [6.45, 7) is 0.683. The smallest absolute Gasteiger partial charge is 0.254 e. The van der Waals surface area contributed by atoms with Crippen molar-refractivity contribution in [1.82, 2.24) is 15.0 Å². The first kappa shape index (κ1) is 16.8. The van der Waals surface area contributed by atoms with E-state index in [2.05, 4.69) is 10.1 Å². The second kappa shape index (κ2) is 7.30. The van der Waals surface area contributed by atoms with Crippen LogP contribution < -0.4 is 0 Å². The number of halogens is 1. The number of rotatable bonds is 3. The lowest BCUT2D eigenvalue weighted by Gasteiger charge is -2.33. The van der Waals surface area contributed by atoms with E-state index < -0.39 is 0 Å². The van der Waals surface area contributed by atoms with Gasteiger partial charge in [0.05, 0.1) is 5.02 Å². The van der Waals surface area contributed by atoms with Crippen molar-refractivity contribution in [3.63, 3.8) is 0 Å². The van der Waals surface area contributed by atoms with E-state index in [0.29, 0.717) is 28.8 Å². The monoisotopic (exact) mass is 367 g/mol. The zero-order valence-electron chi connectivity index (χ0n) is 14.1. The number of likely N-dealkylation sites (tertiary alicyclic amines) is 1. The van der Waals surface area contributed by atoms with Gasteiger partial charge in [-0.15, -0.1) is 0 Å². The van der Waals surface area contributed by atoms with E-state index in [-0.39, 0.29) is 11.9 Å². The van der Waals surface area contributed by atoms with Gasteiger partial charge in [0, 0.05) is 17.7 Å². The molecule has 5 nitrogen and oxygen atoms in total. The molecule has 1 aliphatic rings. The Labute approximate surface area is 156 Å². The van der Waals surface area contributed by atoms with Crippen LogP contribution in [-0.4, -0.2) is 27.5 Å². The summed E-state index contributed by atoms with van der Waals surface area (Å²) in [4.78, 5) is 19.3. The van der Waals surface area contributed by atoms with Crippen molar-refractivity contribution in [1.29, 1.82) is 0 Å². The maximum absolute atomic E-state index is 12.9. The highest BCUT2D eigenvalue weighted by molar-refractivity contribution is 6.33. The van der Waals surface area contributed by atoms with Crippen molar-refractivity contribution in [2.45, 2.75) is 25.3 Å². The fraction of sp³-hybridized carbons (Fsp3) is 0.250. The van der Waals surface area contributed by atoms with E-state index in [0.717, 1.165) is 24.8 Å². The number of hydrogen-bond donors (Lipinski definition) is 0. The number of hydrogen-bond acceptors (Lipinski definition) is 4. The molecule has 0 aliphatic carbocycles. The van der Waals surface area contributed by atoms with Crippen molar-refractivity contribution >= 4 is 17.5 Å². The van der Waals surface area contributed by atoms with Crippen molar-refractivity contribution in [3.8, 4) is 11.4 Å². The van der Waals surface area contributed by atoms with Crippen LogP contribution in [0.1, 0.15) is 41.6 Å². The lowest BCUT2D eigenvalue weighted by Crippen LogP contribution is -2.38. The summed E-state index contributed by atoms with van der Waals surface area (Å²) in [6, 6.07) is 16.5. The third-order valence-electron chi connectivity index (χ3n) is 4.63. The molecule has 0 radical (unpaired) electrons. The molecule has 1 saturated heterocycles. The van der Waals surface area contributed by atoms with Crippen LogP contribution in [0, 0.1) is 0 Å². The predicted molar refractivity (Wildman–Crippen MR) is 98.8 cm³/mol. The molecular weight excluding hydrogens is 350 g/mol. The first-order chi connectivity index (χ1) is 12.7. The summed E-state index contributed by atoms with van der Waals surface area (Å²) < 4.78 is 5.52. The number of benzene rings is 2. The minimum Gasteiger partial charge on any atom is -0.337 e. The van der Waals surface area contributed by atoms with Crippen molar-refractivity contribution in [3.05, 3.63) is 71.1 Å². The molecule has 0 spiro atoms. The summed E-state index contributed by atoms with van der Waals surface area (Å²) in [5, 5.41) is 4.65. The minimum absolute atomic E-state index is 0.00667. The first-order valence-corrected chi connectivity index (χ1v) is 9.06. The average molecular weight is 368 g/mol. The molecule has 26 heavy (non-hydrogen) atoms. The van der Waals surface area contributed by atoms with E-state index in [4.69, 9.17) is 16.1 Å². The van der Waals surface area contributed by atoms with Gasteiger partial charge in [-0.2, -0.15) is 4.98 Å². The minimum atomic E-state index is -0.208. The molecule has 1 fully saturated rings. The van der Waals surface area contributed by atoms with E-state index in [9.17, 15) is 4.79 Å². The Hall–Kier alpha value is -2.66.